The second-order valence-corrected chi connectivity index (χ2v) is 3.34. The molecule has 2 aromatic rings. The fourth-order valence-corrected chi connectivity index (χ4v) is 1.50. The molecule has 0 saturated carbocycles. The van der Waals surface area contributed by atoms with Gasteiger partial charge in [0.15, 0.2) is 0 Å². The number of hydrogen-bond acceptors (Lipinski definition) is 2. The number of hydrogen-bond donors (Lipinski definition) is 1. The number of carboxylic acid groups (broad SMARTS) is 1. The number of pyridine rings is 1. The average molecular weight is 235 g/mol. The maximum atomic E-state index is 13.5. The van der Waals surface area contributed by atoms with Gasteiger partial charge >= 0.3 is 5.97 Å². The number of carboxylic acids is 1. The van der Waals surface area contributed by atoms with Crippen LogP contribution >= 0.6 is 0 Å². The average Bonchev–Trinajstić information content (AvgIpc) is 2.30. The van der Waals surface area contributed by atoms with Crippen LogP contribution in [0, 0.1) is 11.8 Å². The van der Waals surface area contributed by atoms with Gasteiger partial charge in [0.2, 0.25) is 5.95 Å². The molecule has 0 atom stereocenters. The Morgan fingerprint density at radius 1 is 1.18 bits per heavy atom. The van der Waals surface area contributed by atoms with E-state index in [-0.39, 0.29) is 16.7 Å². The van der Waals surface area contributed by atoms with Crippen molar-refractivity contribution in [3.63, 3.8) is 0 Å². The van der Waals surface area contributed by atoms with E-state index < -0.39 is 17.7 Å². The van der Waals surface area contributed by atoms with Crippen LogP contribution in [0.25, 0.3) is 11.1 Å². The van der Waals surface area contributed by atoms with Crippen LogP contribution in [0.2, 0.25) is 0 Å². The van der Waals surface area contributed by atoms with Crippen LogP contribution in [0.5, 0.6) is 0 Å². The second-order valence-electron chi connectivity index (χ2n) is 3.34. The minimum atomic E-state index is -1.33. The molecule has 0 fully saturated rings. The van der Waals surface area contributed by atoms with Crippen LogP contribution in [0.1, 0.15) is 10.4 Å². The highest BCUT2D eigenvalue weighted by Crippen LogP contribution is 2.25. The zero-order valence-corrected chi connectivity index (χ0v) is 8.52. The third-order valence-corrected chi connectivity index (χ3v) is 2.27. The first-order chi connectivity index (χ1) is 8.09. The van der Waals surface area contributed by atoms with E-state index in [2.05, 4.69) is 4.98 Å². The lowest BCUT2D eigenvalue weighted by molar-refractivity contribution is 0.0697. The summed E-state index contributed by atoms with van der Waals surface area (Å²) in [6.45, 7) is 0. The van der Waals surface area contributed by atoms with Gasteiger partial charge in [-0.05, 0) is 6.07 Å². The number of benzene rings is 1. The van der Waals surface area contributed by atoms with Gasteiger partial charge in [-0.3, -0.25) is 0 Å². The Balaban J connectivity index is 2.68. The van der Waals surface area contributed by atoms with Gasteiger partial charge in [-0.1, -0.05) is 18.2 Å². The van der Waals surface area contributed by atoms with E-state index in [0.29, 0.717) is 0 Å². The van der Waals surface area contributed by atoms with Gasteiger partial charge in [-0.2, -0.15) is 4.39 Å². The molecule has 0 spiro atoms. The number of nitrogens with zero attached hydrogens (tertiary/aromatic N) is 1. The summed E-state index contributed by atoms with van der Waals surface area (Å²) in [5.74, 6) is -2.82. The van der Waals surface area contributed by atoms with Crippen molar-refractivity contribution in [1.82, 2.24) is 4.98 Å². The molecular weight excluding hydrogens is 228 g/mol. The van der Waals surface area contributed by atoms with Crippen LogP contribution in [0.3, 0.4) is 0 Å². The van der Waals surface area contributed by atoms with Gasteiger partial charge in [0.1, 0.15) is 5.82 Å². The summed E-state index contributed by atoms with van der Waals surface area (Å²) < 4.78 is 26.4. The van der Waals surface area contributed by atoms with Gasteiger partial charge in [-0.25, -0.2) is 14.2 Å². The Bertz CT molecular complexity index is 584. The first-order valence-electron chi connectivity index (χ1n) is 4.73. The maximum absolute atomic E-state index is 13.5. The first-order valence-corrected chi connectivity index (χ1v) is 4.73. The van der Waals surface area contributed by atoms with Crippen molar-refractivity contribution in [1.29, 1.82) is 0 Å². The van der Waals surface area contributed by atoms with Crippen molar-refractivity contribution in [2.75, 3.05) is 0 Å². The molecular formula is C12H7F2NO2. The van der Waals surface area contributed by atoms with E-state index in [0.717, 1.165) is 12.3 Å². The molecule has 1 aromatic carbocycles. The molecule has 0 radical (unpaired) electrons. The minimum Gasteiger partial charge on any atom is -0.478 e. The van der Waals surface area contributed by atoms with Crippen LogP contribution in [-0.2, 0) is 0 Å². The molecule has 0 aliphatic rings. The predicted octanol–water partition coefficient (Wildman–Crippen LogP) is 2.73. The van der Waals surface area contributed by atoms with E-state index in [1.165, 1.54) is 18.2 Å². The Hall–Kier alpha value is -2.30. The highest BCUT2D eigenvalue weighted by Gasteiger charge is 2.15. The molecule has 2 rings (SSSR count). The molecule has 1 aromatic heterocycles. The summed E-state index contributed by atoms with van der Waals surface area (Å²) in [7, 11) is 0. The van der Waals surface area contributed by atoms with Crippen molar-refractivity contribution in [3.8, 4) is 11.1 Å². The van der Waals surface area contributed by atoms with Crippen molar-refractivity contribution in [2.45, 2.75) is 0 Å². The van der Waals surface area contributed by atoms with Crippen LogP contribution in [-0.4, -0.2) is 16.1 Å². The first kappa shape index (κ1) is 11.2. The third kappa shape index (κ3) is 2.13. The fourth-order valence-electron chi connectivity index (χ4n) is 1.50. The maximum Gasteiger partial charge on any atom is 0.336 e. The Kier molecular flexibility index (Phi) is 2.82. The number of aromatic carboxylic acids is 1. The number of rotatable bonds is 2. The van der Waals surface area contributed by atoms with E-state index in [1.807, 2.05) is 0 Å². The number of carbonyl (C=O) groups is 1. The molecule has 1 N–H and O–H groups in total. The predicted molar refractivity (Wildman–Crippen MR) is 56.5 cm³/mol. The van der Waals surface area contributed by atoms with Crippen LogP contribution < -0.4 is 0 Å². The highest BCUT2D eigenvalue weighted by atomic mass is 19.1. The molecule has 5 heteroatoms. The molecule has 0 aliphatic heterocycles. The zero-order valence-electron chi connectivity index (χ0n) is 8.52. The van der Waals surface area contributed by atoms with Crippen LogP contribution in [0.15, 0.2) is 36.5 Å². The minimum absolute atomic E-state index is 0.0528. The highest BCUT2D eigenvalue weighted by molar-refractivity contribution is 5.95. The summed E-state index contributed by atoms with van der Waals surface area (Å²) in [5, 5.41) is 8.93. The summed E-state index contributed by atoms with van der Waals surface area (Å²) in [6, 6.07) is 6.43. The molecule has 0 unspecified atom stereocenters. The molecule has 86 valence electrons. The van der Waals surface area contributed by atoms with Gasteiger partial charge < -0.3 is 5.11 Å². The number of halogens is 2. The summed E-state index contributed by atoms with van der Waals surface area (Å²) in [6.07, 6.45) is 1.01. The van der Waals surface area contributed by atoms with Gasteiger partial charge in [0.05, 0.1) is 5.56 Å². The quantitative estimate of drug-likeness (QED) is 0.814. The molecule has 3 nitrogen and oxygen atoms in total. The van der Waals surface area contributed by atoms with Crippen LogP contribution in [0.4, 0.5) is 8.78 Å². The van der Waals surface area contributed by atoms with E-state index >= 15 is 0 Å². The van der Waals surface area contributed by atoms with Gasteiger partial charge in [0, 0.05) is 23.4 Å². The van der Waals surface area contributed by atoms with Gasteiger partial charge in [0.25, 0.3) is 0 Å². The summed E-state index contributed by atoms with van der Waals surface area (Å²) in [5.41, 5.74) is -0.183. The van der Waals surface area contributed by atoms with Crippen molar-refractivity contribution >= 4 is 5.97 Å². The smallest absolute Gasteiger partial charge is 0.336 e. The van der Waals surface area contributed by atoms with Crippen molar-refractivity contribution in [2.24, 2.45) is 0 Å². The summed E-state index contributed by atoms with van der Waals surface area (Å²) in [4.78, 5) is 14.3. The molecule has 1 heterocycles. The molecule has 0 bridgehead atoms. The molecule has 0 amide bonds. The fraction of sp³-hybridized carbons (Fsp3) is 0. The lowest BCUT2D eigenvalue weighted by Crippen LogP contribution is -2.02. The van der Waals surface area contributed by atoms with E-state index in [1.54, 1.807) is 6.07 Å². The number of aromatic nitrogens is 1. The zero-order chi connectivity index (χ0) is 12.4. The lowest BCUT2D eigenvalue weighted by Gasteiger charge is -2.06. The second kappa shape index (κ2) is 4.29. The Labute approximate surface area is 95.4 Å². The van der Waals surface area contributed by atoms with E-state index in [4.69, 9.17) is 5.11 Å². The SMILES string of the molecule is O=C(O)c1cc(F)ncc1-c1ccccc1F. The van der Waals surface area contributed by atoms with Crippen molar-refractivity contribution < 1.29 is 18.7 Å². The molecule has 0 aliphatic carbocycles. The topological polar surface area (TPSA) is 50.2 Å². The monoisotopic (exact) mass is 235 g/mol. The molecule has 17 heavy (non-hydrogen) atoms. The summed E-state index contributed by atoms with van der Waals surface area (Å²) >= 11 is 0. The standard InChI is InChI=1S/C12H7F2NO2/c13-10-4-2-1-3-7(10)9-6-15-11(14)5-8(9)12(16)17/h1-6H,(H,16,17). The van der Waals surface area contributed by atoms with E-state index in [9.17, 15) is 13.6 Å². The lowest BCUT2D eigenvalue weighted by atomic mass is 10.0. The normalized spacial score (nSPS) is 10.2. The third-order valence-electron chi connectivity index (χ3n) is 2.27. The van der Waals surface area contributed by atoms with Gasteiger partial charge in [-0.15, -0.1) is 0 Å². The van der Waals surface area contributed by atoms with Crippen molar-refractivity contribution in [3.05, 3.63) is 53.9 Å². The Morgan fingerprint density at radius 3 is 2.53 bits per heavy atom. The molecule has 0 saturated heterocycles. The Morgan fingerprint density at radius 2 is 1.88 bits per heavy atom. The largest absolute Gasteiger partial charge is 0.478 e.